The molecule has 1 saturated heterocycles. The van der Waals surface area contributed by atoms with Gasteiger partial charge in [0.15, 0.2) is 0 Å². The van der Waals surface area contributed by atoms with E-state index >= 15 is 0 Å². The fourth-order valence-corrected chi connectivity index (χ4v) is 2.50. The van der Waals surface area contributed by atoms with Gasteiger partial charge in [0, 0.05) is 32.7 Å². The van der Waals surface area contributed by atoms with E-state index in [-0.39, 0.29) is 5.91 Å². The lowest BCUT2D eigenvalue weighted by molar-refractivity contribution is -0.123. The molecule has 0 saturated carbocycles. The molecule has 1 aliphatic heterocycles. The van der Waals surface area contributed by atoms with E-state index in [1.807, 2.05) is 6.92 Å². The van der Waals surface area contributed by atoms with Gasteiger partial charge in [-0.05, 0) is 33.2 Å². The molecule has 0 spiro atoms. The standard InChI is InChI=1S/C13H25N3O2S/c1-3-18-10-4-5-11(17)15-13(12(14)19)6-8-16(2)9-7-13/h3-10H2,1-2H3,(H2,14,19)(H,15,17). The number of piperidine rings is 1. The van der Waals surface area contributed by atoms with Crippen LogP contribution in [0.5, 0.6) is 0 Å². The minimum Gasteiger partial charge on any atom is -0.391 e. The van der Waals surface area contributed by atoms with E-state index in [0.29, 0.717) is 24.6 Å². The number of thiocarbonyl (C=S) groups is 1. The molecule has 6 heteroatoms. The molecule has 0 bridgehead atoms. The van der Waals surface area contributed by atoms with Crippen molar-refractivity contribution >= 4 is 23.1 Å². The highest BCUT2D eigenvalue weighted by Gasteiger charge is 2.37. The summed E-state index contributed by atoms with van der Waals surface area (Å²) in [6.45, 7) is 5.05. The van der Waals surface area contributed by atoms with Gasteiger partial charge in [0.2, 0.25) is 5.91 Å². The third kappa shape index (κ3) is 5.04. The van der Waals surface area contributed by atoms with Gasteiger partial charge < -0.3 is 20.7 Å². The molecule has 1 aliphatic rings. The maximum Gasteiger partial charge on any atom is 0.220 e. The molecular formula is C13H25N3O2S. The Kier molecular flexibility index (Phi) is 6.68. The zero-order chi connectivity index (χ0) is 14.3. The van der Waals surface area contributed by atoms with Crippen LogP contribution in [0.25, 0.3) is 0 Å². The highest BCUT2D eigenvalue weighted by Crippen LogP contribution is 2.22. The number of nitrogens with one attached hydrogen (secondary N) is 1. The molecule has 19 heavy (non-hydrogen) atoms. The van der Waals surface area contributed by atoms with Crippen molar-refractivity contribution in [3.05, 3.63) is 0 Å². The van der Waals surface area contributed by atoms with Gasteiger partial charge in [0.05, 0.1) is 10.5 Å². The van der Waals surface area contributed by atoms with Crippen LogP contribution in [-0.4, -0.2) is 54.7 Å². The quantitative estimate of drug-likeness (QED) is 0.532. The molecule has 1 fully saturated rings. The van der Waals surface area contributed by atoms with Crippen LogP contribution in [-0.2, 0) is 9.53 Å². The Bertz CT molecular complexity index is 315. The van der Waals surface area contributed by atoms with E-state index in [2.05, 4.69) is 17.3 Å². The molecule has 0 unspecified atom stereocenters. The topological polar surface area (TPSA) is 67.6 Å². The van der Waals surface area contributed by atoms with E-state index in [0.717, 1.165) is 32.4 Å². The lowest BCUT2D eigenvalue weighted by atomic mass is 9.87. The second-order valence-electron chi connectivity index (χ2n) is 5.10. The summed E-state index contributed by atoms with van der Waals surface area (Å²) in [4.78, 5) is 14.6. The Morgan fingerprint density at radius 3 is 2.63 bits per heavy atom. The molecule has 1 rings (SSSR count). The summed E-state index contributed by atoms with van der Waals surface area (Å²) in [5.74, 6) is 0.0112. The van der Waals surface area contributed by atoms with E-state index in [9.17, 15) is 4.79 Å². The smallest absolute Gasteiger partial charge is 0.220 e. The zero-order valence-electron chi connectivity index (χ0n) is 11.9. The Morgan fingerprint density at radius 1 is 1.47 bits per heavy atom. The number of ether oxygens (including phenoxy) is 1. The first-order valence-corrected chi connectivity index (χ1v) is 7.28. The number of likely N-dealkylation sites (tertiary alicyclic amines) is 1. The average molecular weight is 287 g/mol. The molecule has 110 valence electrons. The number of hydrogen-bond donors (Lipinski definition) is 2. The van der Waals surface area contributed by atoms with Gasteiger partial charge in [-0.1, -0.05) is 12.2 Å². The summed E-state index contributed by atoms with van der Waals surface area (Å²) in [5, 5.41) is 3.04. The summed E-state index contributed by atoms with van der Waals surface area (Å²) in [5.41, 5.74) is 5.35. The molecule has 0 aromatic heterocycles. The number of carbonyl (C=O) groups is 1. The number of hydrogen-bond acceptors (Lipinski definition) is 4. The van der Waals surface area contributed by atoms with Crippen LogP contribution < -0.4 is 11.1 Å². The molecular weight excluding hydrogens is 262 g/mol. The van der Waals surface area contributed by atoms with Crippen molar-refractivity contribution in [3.8, 4) is 0 Å². The molecule has 5 nitrogen and oxygen atoms in total. The van der Waals surface area contributed by atoms with Gasteiger partial charge in [-0.15, -0.1) is 0 Å². The SMILES string of the molecule is CCOCCCC(=O)NC1(C(N)=S)CCN(C)CC1. The van der Waals surface area contributed by atoms with E-state index < -0.39 is 5.54 Å². The first-order chi connectivity index (χ1) is 9.00. The van der Waals surface area contributed by atoms with Gasteiger partial charge in [0.25, 0.3) is 0 Å². The maximum atomic E-state index is 12.0. The van der Waals surface area contributed by atoms with E-state index in [1.54, 1.807) is 0 Å². The van der Waals surface area contributed by atoms with Gasteiger partial charge >= 0.3 is 0 Å². The van der Waals surface area contributed by atoms with Gasteiger partial charge in [-0.2, -0.15) is 0 Å². The molecule has 3 N–H and O–H groups in total. The number of rotatable bonds is 7. The van der Waals surface area contributed by atoms with Crippen molar-refractivity contribution in [1.29, 1.82) is 0 Å². The predicted molar refractivity (Wildman–Crippen MR) is 80.1 cm³/mol. The molecule has 1 heterocycles. The summed E-state index contributed by atoms with van der Waals surface area (Å²) in [6.07, 6.45) is 2.76. The third-order valence-electron chi connectivity index (χ3n) is 3.59. The van der Waals surface area contributed by atoms with Crippen LogP contribution in [0.2, 0.25) is 0 Å². The zero-order valence-corrected chi connectivity index (χ0v) is 12.7. The Labute approximate surface area is 120 Å². The van der Waals surface area contributed by atoms with E-state index in [4.69, 9.17) is 22.7 Å². The normalized spacial score (nSPS) is 19.1. The van der Waals surface area contributed by atoms with Crippen LogP contribution in [0.3, 0.4) is 0 Å². The number of nitrogens with zero attached hydrogens (tertiary/aromatic N) is 1. The monoisotopic (exact) mass is 287 g/mol. The van der Waals surface area contributed by atoms with Crippen LogP contribution in [0.15, 0.2) is 0 Å². The molecule has 0 radical (unpaired) electrons. The van der Waals surface area contributed by atoms with Crippen molar-refractivity contribution < 1.29 is 9.53 Å². The summed E-state index contributed by atoms with van der Waals surface area (Å²) < 4.78 is 5.22. The Balaban J connectivity index is 2.45. The number of nitrogens with two attached hydrogens (primary N) is 1. The first kappa shape index (κ1) is 16.3. The second-order valence-corrected chi connectivity index (χ2v) is 5.54. The molecule has 0 atom stereocenters. The van der Waals surface area contributed by atoms with Gasteiger partial charge in [0.1, 0.15) is 0 Å². The third-order valence-corrected chi connectivity index (χ3v) is 3.98. The molecule has 0 aromatic rings. The lowest BCUT2D eigenvalue weighted by Gasteiger charge is -2.40. The molecule has 0 aromatic carbocycles. The van der Waals surface area contributed by atoms with E-state index in [1.165, 1.54) is 0 Å². The fourth-order valence-electron chi connectivity index (χ4n) is 2.24. The number of amides is 1. The lowest BCUT2D eigenvalue weighted by Crippen LogP contribution is -2.61. The van der Waals surface area contributed by atoms with Crippen molar-refractivity contribution in [2.75, 3.05) is 33.4 Å². The summed E-state index contributed by atoms with van der Waals surface area (Å²) in [6, 6.07) is 0. The van der Waals surface area contributed by atoms with Crippen molar-refractivity contribution in [2.24, 2.45) is 5.73 Å². The van der Waals surface area contributed by atoms with Crippen LogP contribution in [0.4, 0.5) is 0 Å². The average Bonchev–Trinajstić information content (AvgIpc) is 2.37. The molecule has 0 aliphatic carbocycles. The van der Waals surface area contributed by atoms with Gasteiger partial charge in [-0.3, -0.25) is 4.79 Å². The Morgan fingerprint density at radius 2 is 2.11 bits per heavy atom. The minimum atomic E-state index is -0.495. The van der Waals surface area contributed by atoms with Crippen LogP contribution >= 0.6 is 12.2 Å². The predicted octanol–water partition coefficient (Wildman–Crippen LogP) is 0.670. The highest BCUT2D eigenvalue weighted by molar-refractivity contribution is 7.80. The van der Waals surface area contributed by atoms with Crippen molar-refractivity contribution in [2.45, 2.75) is 38.1 Å². The van der Waals surface area contributed by atoms with Crippen molar-refractivity contribution in [3.63, 3.8) is 0 Å². The highest BCUT2D eigenvalue weighted by atomic mass is 32.1. The van der Waals surface area contributed by atoms with Crippen molar-refractivity contribution in [1.82, 2.24) is 10.2 Å². The number of carbonyl (C=O) groups excluding carboxylic acids is 1. The minimum absolute atomic E-state index is 0.0112. The summed E-state index contributed by atoms with van der Waals surface area (Å²) in [7, 11) is 2.06. The largest absolute Gasteiger partial charge is 0.391 e. The Hall–Kier alpha value is -0.720. The second kappa shape index (κ2) is 7.77. The first-order valence-electron chi connectivity index (χ1n) is 6.87. The maximum absolute atomic E-state index is 12.0. The van der Waals surface area contributed by atoms with Crippen LogP contribution in [0, 0.1) is 0 Å². The summed E-state index contributed by atoms with van der Waals surface area (Å²) >= 11 is 5.16. The fraction of sp³-hybridized carbons (Fsp3) is 0.846. The van der Waals surface area contributed by atoms with Crippen LogP contribution in [0.1, 0.15) is 32.6 Å². The molecule has 1 amide bonds. The van der Waals surface area contributed by atoms with Gasteiger partial charge in [-0.25, -0.2) is 0 Å².